The summed E-state index contributed by atoms with van der Waals surface area (Å²) in [6, 6.07) is 6.01. The third-order valence-electron chi connectivity index (χ3n) is 2.37. The maximum absolute atomic E-state index is 12.8. The van der Waals surface area contributed by atoms with Gasteiger partial charge >= 0.3 is 0 Å². The van der Waals surface area contributed by atoms with Crippen LogP contribution >= 0.6 is 0 Å². The Balaban J connectivity index is 2.37. The van der Waals surface area contributed by atoms with Gasteiger partial charge in [0, 0.05) is 5.56 Å². The molecule has 4 N–H and O–H groups in total. The summed E-state index contributed by atoms with van der Waals surface area (Å²) in [6.45, 7) is 0.527. The Morgan fingerprint density at radius 1 is 1.25 bits per heavy atom. The fourth-order valence-electron chi connectivity index (χ4n) is 1.53. The number of nitrogens with two attached hydrogens (primary N) is 2. The lowest BCUT2D eigenvalue weighted by Crippen LogP contribution is -2.06. The summed E-state index contributed by atoms with van der Waals surface area (Å²) in [5.74, 6) is 0.272. The van der Waals surface area contributed by atoms with Crippen LogP contribution in [0.2, 0.25) is 0 Å². The Hall–Kier alpha value is -1.88. The molecular formula is C11H13FN4. The van der Waals surface area contributed by atoms with E-state index in [9.17, 15) is 4.39 Å². The molecule has 0 unspecified atom stereocenters. The van der Waals surface area contributed by atoms with Crippen LogP contribution in [-0.4, -0.2) is 16.3 Å². The number of aromatic nitrogens is 2. The first-order chi connectivity index (χ1) is 7.72. The van der Waals surface area contributed by atoms with Crippen LogP contribution in [0.4, 0.5) is 10.2 Å². The van der Waals surface area contributed by atoms with Crippen molar-refractivity contribution in [3.63, 3.8) is 0 Å². The quantitative estimate of drug-likeness (QED) is 0.813. The molecule has 1 aromatic heterocycles. The Morgan fingerprint density at radius 3 is 2.56 bits per heavy atom. The highest BCUT2D eigenvalue weighted by atomic mass is 19.1. The van der Waals surface area contributed by atoms with E-state index < -0.39 is 0 Å². The van der Waals surface area contributed by atoms with Crippen LogP contribution in [0.3, 0.4) is 0 Å². The van der Waals surface area contributed by atoms with Crippen LogP contribution in [0, 0.1) is 5.82 Å². The maximum Gasteiger partial charge on any atom is 0.130 e. The molecule has 0 atom stereocenters. The van der Waals surface area contributed by atoms with Gasteiger partial charge in [0.25, 0.3) is 0 Å². The van der Waals surface area contributed by atoms with E-state index in [4.69, 9.17) is 11.5 Å². The van der Waals surface area contributed by atoms with Crippen LogP contribution in [0.5, 0.6) is 0 Å². The number of anilines is 1. The van der Waals surface area contributed by atoms with Crippen LogP contribution in [0.25, 0.3) is 5.69 Å². The summed E-state index contributed by atoms with van der Waals surface area (Å²) in [5, 5.41) is 4.15. The zero-order valence-corrected chi connectivity index (χ0v) is 8.73. The van der Waals surface area contributed by atoms with Gasteiger partial charge in [-0.1, -0.05) is 0 Å². The van der Waals surface area contributed by atoms with E-state index >= 15 is 0 Å². The molecule has 0 saturated carbocycles. The average Bonchev–Trinajstić information content (AvgIpc) is 2.63. The average molecular weight is 220 g/mol. The van der Waals surface area contributed by atoms with Gasteiger partial charge in [-0.05, 0) is 37.2 Å². The Kier molecular flexibility index (Phi) is 2.87. The van der Waals surface area contributed by atoms with E-state index in [0.717, 1.165) is 11.3 Å². The molecule has 0 bridgehead atoms. The van der Waals surface area contributed by atoms with E-state index in [1.165, 1.54) is 12.1 Å². The molecule has 4 nitrogen and oxygen atoms in total. The molecular weight excluding hydrogens is 207 g/mol. The molecule has 5 heteroatoms. The van der Waals surface area contributed by atoms with Gasteiger partial charge in [-0.15, -0.1) is 0 Å². The molecule has 2 rings (SSSR count). The zero-order valence-electron chi connectivity index (χ0n) is 8.73. The molecule has 16 heavy (non-hydrogen) atoms. The molecule has 2 aromatic rings. The molecule has 1 aromatic carbocycles. The van der Waals surface area contributed by atoms with Gasteiger partial charge in [0.1, 0.15) is 11.6 Å². The van der Waals surface area contributed by atoms with Gasteiger partial charge in [-0.25, -0.2) is 9.07 Å². The van der Waals surface area contributed by atoms with Crippen LogP contribution in [0.1, 0.15) is 5.56 Å². The smallest absolute Gasteiger partial charge is 0.130 e. The summed E-state index contributed by atoms with van der Waals surface area (Å²) >= 11 is 0. The van der Waals surface area contributed by atoms with Crippen molar-refractivity contribution in [1.29, 1.82) is 0 Å². The lowest BCUT2D eigenvalue weighted by atomic mass is 10.2. The van der Waals surface area contributed by atoms with E-state index in [2.05, 4.69) is 5.10 Å². The van der Waals surface area contributed by atoms with Crippen molar-refractivity contribution in [2.24, 2.45) is 5.73 Å². The lowest BCUT2D eigenvalue weighted by Gasteiger charge is -2.04. The summed E-state index contributed by atoms with van der Waals surface area (Å²) in [6.07, 6.45) is 2.37. The minimum atomic E-state index is -0.281. The third kappa shape index (κ3) is 1.90. The van der Waals surface area contributed by atoms with E-state index in [1.807, 2.05) is 0 Å². The van der Waals surface area contributed by atoms with Gasteiger partial charge in [0.05, 0.1) is 11.9 Å². The Morgan fingerprint density at radius 2 is 1.94 bits per heavy atom. The number of halogens is 1. The molecule has 0 amide bonds. The highest BCUT2D eigenvalue weighted by Gasteiger charge is 2.07. The maximum atomic E-state index is 12.8. The summed E-state index contributed by atoms with van der Waals surface area (Å²) in [7, 11) is 0. The number of rotatable bonds is 3. The highest BCUT2D eigenvalue weighted by Crippen LogP contribution is 2.17. The van der Waals surface area contributed by atoms with Gasteiger partial charge in [0.15, 0.2) is 0 Å². The predicted octanol–water partition coefficient (Wildman–Crippen LogP) is 1.09. The predicted molar refractivity (Wildman–Crippen MR) is 60.7 cm³/mol. The van der Waals surface area contributed by atoms with Gasteiger partial charge in [-0.3, -0.25) is 0 Å². The van der Waals surface area contributed by atoms with E-state index in [0.29, 0.717) is 18.8 Å². The van der Waals surface area contributed by atoms with Crippen molar-refractivity contribution in [1.82, 2.24) is 9.78 Å². The van der Waals surface area contributed by atoms with Crippen molar-refractivity contribution >= 4 is 5.82 Å². The van der Waals surface area contributed by atoms with Crippen molar-refractivity contribution in [3.05, 3.63) is 41.8 Å². The second-order valence-corrected chi connectivity index (χ2v) is 3.48. The van der Waals surface area contributed by atoms with Crippen molar-refractivity contribution in [2.75, 3.05) is 12.3 Å². The normalized spacial score (nSPS) is 10.6. The largest absolute Gasteiger partial charge is 0.383 e. The number of nitrogens with zero attached hydrogens (tertiary/aromatic N) is 2. The Labute approximate surface area is 92.7 Å². The minimum Gasteiger partial charge on any atom is -0.383 e. The van der Waals surface area contributed by atoms with Crippen molar-refractivity contribution in [3.8, 4) is 5.69 Å². The van der Waals surface area contributed by atoms with Crippen LogP contribution in [-0.2, 0) is 6.42 Å². The first-order valence-electron chi connectivity index (χ1n) is 5.00. The molecule has 0 aliphatic carbocycles. The van der Waals surface area contributed by atoms with Crippen molar-refractivity contribution in [2.45, 2.75) is 6.42 Å². The molecule has 84 valence electrons. The van der Waals surface area contributed by atoms with Gasteiger partial charge in [-0.2, -0.15) is 5.10 Å². The first-order valence-corrected chi connectivity index (χ1v) is 5.00. The second kappa shape index (κ2) is 4.32. The van der Waals surface area contributed by atoms with Crippen LogP contribution < -0.4 is 11.5 Å². The molecule has 0 aliphatic heterocycles. The first kappa shape index (κ1) is 10.6. The second-order valence-electron chi connectivity index (χ2n) is 3.48. The SMILES string of the molecule is NCCc1cnn(-c2ccc(F)cc2)c1N. The molecule has 0 fully saturated rings. The zero-order chi connectivity index (χ0) is 11.5. The third-order valence-corrected chi connectivity index (χ3v) is 2.37. The standard InChI is InChI=1S/C11H13FN4/c12-9-1-3-10(4-2-9)16-11(14)8(5-6-13)7-15-16/h1-4,7H,5-6,13-14H2. The van der Waals surface area contributed by atoms with Crippen LogP contribution in [0.15, 0.2) is 30.5 Å². The van der Waals surface area contributed by atoms with Gasteiger partial charge in [0.2, 0.25) is 0 Å². The molecule has 0 radical (unpaired) electrons. The minimum absolute atomic E-state index is 0.281. The fourth-order valence-corrected chi connectivity index (χ4v) is 1.53. The van der Waals surface area contributed by atoms with Gasteiger partial charge < -0.3 is 11.5 Å². The van der Waals surface area contributed by atoms with Crippen molar-refractivity contribution < 1.29 is 4.39 Å². The van der Waals surface area contributed by atoms with E-state index in [1.54, 1.807) is 23.0 Å². The number of hydrogen-bond donors (Lipinski definition) is 2. The number of benzene rings is 1. The lowest BCUT2D eigenvalue weighted by molar-refractivity contribution is 0.627. The molecule has 0 saturated heterocycles. The number of hydrogen-bond acceptors (Lipinski definition) is 3. The fraction of sp³-hybridized carbons (Fsp3) is 0.182. The molecule has 1 heterocycles. The molecule has 0 aliphatic rings. The summed E-state index contributed by atoms with van der Waals surface area (Å²) in [4.78, 5) is 0. The highest BCUT2D eigenvalue weighted by molar-refractivity contribution is 5.47. The summed E-state index contributed by atoms with van der Waals surface area (Å²) in [5.41, 5.74) is 13.0. The summed E-state index contributed by atoms with van der Waals surface area (Å²) < 4.78 is 14.3. The monoisotopic (exact) mass is 220 g/mol. The number of nitrogen functional groups attached to an aromatic ring is 1. The molecule has 0 spiro atoms. The topological polar surface area (TPSA) is 69.9 Å². The Bertz CT molecular complexity index is 475. The van der Waals surface area contributed by atoms with E-state index in [-0.39, 0.29) is 5.82 Å².